The number of hydrogen-bond acceptors (Lipinski definition) is 6. The van der Waals surface area contributed by atoms with Crippen molar-refractivity contribution >= 4 is 73.8 Å². The summed E-state index contributed by atoms with van der Waals surface area (Å²) < 4.78 is 16.0. The summed E-state index contributed by atoms with van der Waals surface area (Å²) in [5.74, 6) is -0.262. The summed E-state index contributed by atoms with van der Waals surface area (Å²) in [4.78, 5) is 24.7. The largest absolute Gasteiger partial charge is 0.497 e. The van der Waals surface area contributed by atoms with Gasteiger partial charge in [-0.1, -0.05) is 34.8 Å². The minimum absolute atomic E-state index is 0.140. The predicted molar refractivity (Wildman–Crippen MR) is 115 cm³/mol. The lowest BCUT2D eigenvalue weighted by Gasteiger charge is -2.10. The summed E-state index contributed by atoms with van der Waals surface area (Å²) in [6.45, 7) is -0.503. The van der Waals surface area contributed by atoms with E-state index >= 15 is 0 Å². The van der Waals surface area contributed by atoms with Crippen LogP contribution >= 0.6 is 46.1 Å². The zero-order valence-electron chi connectivity index (χ0n) is 15.2. The topological polar surface area (TPSA) is 73.9 Å². The van der Waals surface area contributed by atoms with Crippen LogP contribution in [0.5, 0.6) is 11.5 Å². The molecule has 1 heterocycles. The van der Waals surface area contributed by atoms with Crippen LogP contribution in [-0.2, 0) is 9.53 Å². The minimum atomic E-state index is -0.734. The zero-order chi connectivity index (χ0) is 21.1. The number of ether oxygens (including phenoxy) is 3. The zero-order valence-corrected chi connectivity index (χ0v) is 18.3. The number of methoxy groups -OCH3 is 2. The number of anilines is 1. The van der Waals surface area contributed by atoms with E-state index in [0.717, 1.165) is 11.3 Å². The molecule has 2 aromatic carbocycles. The Balaban J connectivity index is 1.69. The molecule has 0 atom stereocenters. The van der Waals surface area contributed by atoms with E-state index in [-0.39, 0.29) is 9.90 Å². The molecule has 3 aromatic rings. The molecule has 1 amide bonds. The summed E-state index contributed by atoms with van der Waals surface area (Å²) in [7, 11) is 2.99. The van der Waals surface area contributed by atoms with Gasteiger partial charge in [0, 0.05) is 39.0 Å². The average molecular weight is 475 g/mol. The molecule has 0 saturated heterocycles. The molecule has 152 valence electrons. The molecular weight excluding hydrogens is 461 g/mol. The van der Waals surface area contributed by atoms with Crippen LogP contribution < -0.4 is 14.8 Å². The SMILES string of the molecule is COc1cc(NC(=O)COC(=O)c2sc3cc(Cl)cc(Cl)c3c2Cl)cc(OC)c1. The lowest BCUT2D eigenvalue weighted by molar-refractivity contribution is -0.119. The molecule has 0 bridgehead atoms. The molecule has 6 nitrogen and oxygen atoms in total. The molecule has 0 aliphatic heterocycles. The molecule has 0 fully saturated rings. The van der Waals surface area contributed by atoms with Gasteiger partial charge in [-0.25, -0.2) is 4.79 Å². The van der Waals surface area contributed by atoms with Gasteiger partial charge in [-0.05, 0) is 12.1 Å². The van der Waals surface area contributed by atoms with E-state index in [1.54, 1.807) is 24.3 Å². The second-order valence-corrected chi connectivity index (χ2v) is 8.01. The van der Waals surface area contributed by atoms with E-state index in [4.69, 9.17) is 49.0 Å². The smallest absolute Gasteiger partial charge is 0.350 e. The van der Waals surface area contributed by atoms with E-state index in [1.165, 1.54) is 20.3 Å². The first-order valence-corrected chi connectivity index (χ1v) is 10.0. The highest BCUT2D eigenvalue weighted by Gasteiger charge is 2.21. The molecule has 0 radical (unpaired) electrons. The number of halogens is 3. The summed E-state index contributed by atoms with van der Waals surface area (Å²) in [6.07, 6.45) is 0. The van der Waals surface area contributed by atoms with Crippen molar-refractivity contribution in [3.63, 3.8) is 0 Å². The van der Waals surface area contributed by atoms with Crippen LogP contribution in [0.2, 0.25) is 15.1 Å². The van der Waals surface area contributed by atoms with Gasteiger partial charge in [0.15, 0.2) is 6.61 Å². The Morgan fingerprint density at radius 2 is 1.66 bits per heavy atom. The number of hydrogen-bond donors (Lipinski definition) is 1. The number of rotatable bonds is 6. The van der Waals surface area contributed by atoms with Crippen molar-refractivity contribution in [1.29, 1.82) is 0 Å². The fraction of sp³-hybridized carbons (Fsp3) is 0.158. The molecule has 1 aromatic heterocycles. The third-order valence-electron chi connectivity index (χ3n) is 3.80. The van der Waals surface area contributed by atoms with Crippen molar-refractivity contribution in [3.05, 3.63) is 50.3 Å². The second-order valence-electron chi connectivity index (χ2n) is 5.73. The fourth-order valence-corrected chi connectivity index (χ4v) is 4.78. The Labute approximate surface area is 185 Å². The maximum absolute atomic E-state index is 12.4. The van der Waals surface area contributed by atoms with Gasteiger partial charge in [0.05, 0.1) is 24.3 Å². The number of carbonyl (C=O) groups is 2. The van der Waals surface area contributed by atoms with Crippen molar-refractivity contribution in [1.82, 2.24) is 0 Å². The average Bonchev–Trinajstić information content (AvgIpc) is 3.02. The Kier molecular flexibility index (Phi) is 6.74. The van der Waals surface area contributed by atoms with Crippen molar-refractivity contribution in [3.8, 4) is 11.5 Å². The van der Waals surface area contributed by atoms with E-state index < -0.39 is 18.5 Å². The molecule has 1 N–H and O–H groups in total. The van der Waals surface area contributed by atoms with Crippen molar-refractivity contribution in [2.75, 3.05) is 26.1 Å². The van der Waals surface area contributed by atoms with Crippen LogP contribution in [0.1, 0.15) is 9.67 Å². The third kappa shape index (κ3) is 4.87. The van der Waals surface area contributed by atoms with Gasteiger partial charge in [-0.2, -0.15) is 0 Å². The van der Waals surface area contributed by atoms with Crippen molar-refractivity contribution in [2.24, 2.45) is 0 Å². The normalized spacial score (nSPS) is 10.7. The van der Waals surface area contributed by atoms with Gasteiger partial charge in [0.1, 0.15) is 16.4 Å². The monoisotopic (exact) mass is 473 g/mol. The Morgan fingerprint density at radius 1 is 1.00 bits per heavy atom. The van der Waals surface area contributed by atoms with Crippen LogP contribution in [0.4, 0.5) is 5.69 Å². The molecule has 29 heavy (non-hydrogen) atoms. The Bertz CT molecular complexity index is 1080. The van der Waals surface area contributed by atoms with Gasteiger partial charge >= 0.3 is 5.97 Å². The molecule has 0 saturated carbocycles. The first-order chi connectivity index (χ1) is 13.8. The quantitative estimate of drug-likeness (QED) is 0.466. The maximum atomic E-state index is 12.4. The molecule has 0 unspecified atom stereocenters. The number of fused-ring (bicyclic) bond motifs is 1. The van der Waals surface area contributed by atoms with Crippen LogP contribution in [0.25, 0.3) is 10.1 Å². The number of amides is 1. The predicted octanol–water partition coefficient (Wildman–Crippen LogP) is 5.67. The van der Waals surface area contributed by atoms with Gasteiger partial charge in [0.2, 0.25) is 0 Å². The lowest BCUT2D eigenvalue weighted by atomic mass is 10.2. The van der Waals surface area contributed by atoms with Crippen LogP contribution in [0.15, 0.2) is 30.3 Å². The number of carbonyl (C=O) groups excluding carboxylic acids is 2. The number of esters is 1. The van der Waals surface area contributed by atoms with Crippen LogP contribution in [0.3, 0.4) is 0 Å². The molecule has 3 rings (SSSR count). The minimum Gasteiger partial charge on any atom is -0.497 e. The maximum Gasteiger partial charge on any atom is 0.350 e. The van der Waals surface area contributed by atoms with Crippen molar-refractivity contribution < 1.29 is 23.8 Å². The van der Waals surface area contributed by atoms with Gasteiger partial charge in [-0.3, -0.25) is 4.79 Å². The summed E-state index contributed by atoms with van der Waals surface area (Å²) in [5, 5.41) is 4.05. The van der Waals surface area contributed by atoms with E-state index in [9.17, 15) is 9.59 Å². The van der Waals surface area contributed by atoms with Gasteiger partial charge in [-0.15, -0.1) is 11.3 Å². The number of nitrogens with one attached hydrogen (secondary N) is 1. The highest BCUT2D eigenvalue weighted by molar-refractivity contribution is 7.21. The van der Waals surface area contributed by atoms with Gasteiger partial charge in [0.25, 0.3) is 5.91 Å². The van der Waals surface area contributed by atoms with E-state index in [1.807, 2.05) is 0 Å². The third-order valence-corrected chi connectivity index (χ3v) is 5.93. The van der Waals surface area contributed by atoms with Crippen molar-refractivity contribution in [2.45, 2.75) is 0 Å². The number of thiophene rings is 1. The molecule has 10 heteroatoms. The summed E-state index contributed by atoms with van der Waals surface area (Å²) in [5.41, 5.74) is 0.434. The van der Waals surface area contributed by atoms with Gasteiger partial charge < -0.3 is 19.5 Å². The van der Waals surface area contributed by atoms with E-state index in [2.05, 4.69) is 5.32 Å². The first-order valence-electron chi connectivity index (χ1n) is 8.09. The molecule has 0 aliphatic carbocycles. The Hall–Kier alpha value is -2.19. The van der Waals surface area contributed by atoms with Crippen LogP contribution in [0, 0.1) is 0 Å². The molecular formula is C19H14Cl3NO5S. The highest BCUT2D eigenvalue weighted by atomic mass is 35.5. The van der Waals surface area contributed by atoms with E-state index in [0.29, 0.717) is 37.3 Å². The molecule has 0 aliphatic rings. The summed E-state index contributed by atoms with van der Waals surface area (Å²) >= 11 is 19.5. The first kappa shape index (κ1) is 21.5. The Morgan fingerprint density at radius 3 is 2.28 bits per heavy atom. The second kappa shape index (κ2) is 9.09. The number of benzene rings is 2. The standard InChI is InChI=1S/C19H14Cl3NO5S/c1-26-11-5-10(6-12(7-11)27-2)23-15(24)8-28-19(25)18-17(22)16-13(21)3-9(20)4-14(16)29-18/h3-7H,8H2,1-2H3,(H,23,24). The summed E-state index contributed by atoms with van der Waals surface area (Å²) in [6, 6.07) is 8.07. The van der Waals surface area contributed by atoms with Crippen LogP contribution in [-0.4, -0.2) is 32.7 Å². The molecule has 0 spiro atoms. The fourth-order valence-electron chi connectivity index (χ4n) is 2.52. The highest BCUT2D eigenvalue weighted by Crippen LogP contribution is 2.41. The lowest BCUT2D eigenvalue weighted by Crippen LogP contribution is -2.20.